The number of rotatable bonds is 7. The van der Waals surface area contributed by atoms with Crippen LogP contribution in [0.25, 0.3) is 10.9 Å². The van der Waals surface area contributed by atoms with Crippen molar-refractivity contribution in [1.82, 2.24) is 14.5 Å². The highest BCUT2D eigenvalue weighted by Gasteiger charge is 2.24. The first-order valence-corrected chi connectivity index (χ1v) is 13.9. The van der Waals surface area contributed by atoms with Crippen LogP contribution in [0.5, 0.6) is 11.5 Å². The Kier molecular flexibility index (Phi) is 8.25. The van der Waals surface area contributed by atoms with Crippen molar-refractivity contribution in [3.8, 4) is 11.5 Å². The van der Waals surface area contributed by atoms with Gasteiger partial charge in [-0.3, -0.25) is 19.0 Å². The lowest BCUT2D eigenvalue weighted by Gasteiger charge is -2.32. The molecule has 2 N–H and O–H groups in total. The van der Waals surface area contributed by atoms with E-state index in [1.54, 1.807) is 48.5 Å². The number of hydrogen-bond donors (Lipinski definition) is 2. The fourth-order valence-electron chi connectivity index (χ4n) is 4.71. The van der Waals surface area contributed by atoms with Gasteiger partial charge < -0.3 is 9.72 Å². The Bertz CT molecular complexity index is 1630. The fourth-order valence-corrected chi connectivity index (χ4v) is 5.27. The van der Waals surface area contributed by atoms with Crippen LogP contribution >= 0.6 is 12.4 Å². The minimum atomic E-state index is -3.32. The number of benzene rings is 3. The van der Waals surface area contributed by atoms with Crippen molar-refractivity contribution >= 4 is 39.0 Å². The van der Waals surface area contributed by atoms with Crippen LogP contribution in [0.1, 0.15) is 24.4 Å². The number of aromatic nitrogens is 2. The van der Waals surface area contributed by atoms with E-state index in [0.29, 0.717) is 28.1 Å². The summed E-state index contributed by atoms with van der Waals surface area (Å²) in [4.78, 5) is 30.7. The number of sulfonamides is 1. The van der Waals surface area contributed by atoms with E-state index in [4.69, 9.17) is 4.74 Å². The summed E-state index contributed by atoms with van der Waals surface area (Å²) in [5.41, 5.74) is 1.61. The summed E-state index contributed by atoms with van der Waals surface area (Å²) in [5.74, 6) is 1.29. The molecule has 4 aromatic rings. The van der Waals surface area contributed by atoms with Crippen LogP contribution < -0.4 is 20.7 Å². The molecule has 0 radical (unpaired) electrons. The van der Waals surface area contributed by atoms with Gasteiger partial charge in [-0.25, -0.2) is 13.2 Å². The van der Waals surface area contributed by atoms with Gasteiger partial charge in [0, 0.05) is 31.4 Å². The first-order chi connectivity index (χ1) is 17.7. The molecular formula is C27H29ClN4O5S. The molecule has 0 spiro atoms. The molecule has 2 heterocycles. The number of ether oxygens (including phenoxy) is 1. The molecule has 0 aliphatic carbocycles. The van der Waals surface area contributed by atoms with Gasteiger partial charge in [-0.15, -0.1) is 12.4 Å². The van der Waals surface area contributed by atoms with Crippen LogP contribution in [0.15, 0.2) is 82.4 Å². The Hall–Kier alpha value is -3.60. The van der Waals surface area contributed by atoms with Gasteiger partial charge in [-0.2, -0.15) is 0 Å². The number of piperidine rings is 1. The second kappa shape index (κ2) is 11.4. The molecule has 0 unspecified atom stereocenters. The molecule has 3 aromatic carbocycles. The van der Waals surface area contributed by atoms with Crippen LogP contribution in [-0.4, -0.2) is 42.2 Å². The van der Waals surface area contributed by atoms with Crippen LogP contribution in [0.3, 0.4) is 0 Å². The first-order valence-electron chi connectivity index (χ1n) is 12.1. The Balaban J connectivity index is 0.00000336. The SMILES string of the molecule is CS(=O)(=O)Nc1ccc(Oc2ccc(CN3CCC(n4c(=O)[nH]c5ccccc5c4=O)CC3)cc2)cc1.Cl. The van der Waals surface area contributed by atoms with Crippen molar-refractivity contribution in [2.45, 2.75) is 25.4 Å². The molecular weight excluding hydrogens is 528 g/mol. The number of aromatic amines is 1. The number of likely N-dealkylation sites (tertiary alicyclic amines) is 1. The van der Waals surface area contributed by atoms with Crippen molar-refractivity contribution < 1.29 is 13.2 Å². The van der Waals surface area contributed by atoms with E-state index >= 15 is 0 Å². The maximum absolute atomic E-state index is 12.9. The predicted molar refractivity (Wildman–Crippen MR) is 151 cm³/mol. The summed E-state index contributed by atoms with van der Waals surface area (Å²) in [5, 5.41) is 0.536. The summed E-state index contributed by atoms with van der Waals surface area (Å²) >= 11 is 0. The molecule has 1 aliphatic rings. The van der Waals surface area contributed by atoms with Crippen LogP contribution in [0, 0.1) is 0 Å². The topological polar surface area (TPSA) is 114 Å². The number of anilines is 1. The summed E-state index contributed by atoms with van der Waals surface area (Å²) in [7, 11) is -3.32. The van der Waals surface area contributed by atoms with Crippen molar-refractivity contribution in [1.29, 1.82) is 0 Å². The minimum absolute atomic E-state index is 0. The van der Waals surface area contributed by atoms with E-state index in [1.807, 2.05) is 24.3 Å². The van der Waals surface area contributed by atoms with Gasteiger partial charge in [0.15, 0.2) is 0 Å². The molecule has 38 heavy (non-hydrogen) atoms. The van der Waals surface area contributed by atoms with Gasteiger partial charge in [-0.05, 0) is 66.9 Å². The third kappa shape index (κ3) is 6.45. The van der Waals surface area contributed by atoms with Crippen LogP contribution in [0.4, 0.5) is 5.69 Å². The molecule has 1 aliphatic heterocycles. The van der Waals surface area contributed by atoms with E-state index < -0.39 is 10.0 Å². The molecule has 1 fully saturated rings. The van der Waals surface area contributed by atoms with Crippen molar-refractivity contribution in [3.63, 3.8) is 0 Å². The lowest BCUT2D eigenvalue weighted by Crippen LogP contribution is -2.43. The lowest BCUT2D eigenvalue weighted by atomic mass is 10.0. The molecule has 11 heteroatoms. The van der Waals surface area contributed by atoms with Crippen molar-refractivity contribution in [3.05, 3.63) is 99.2 Å². The third-order valence-corrected chi connectivity index (χ3v) is 7.09. The number of hydrogen-bond acceptors (Lipinski definition) is 6. The van der Waals surface area contributed by atoms with Crippen molar-refractivity contribution in [2.75, 3.05) is 24.1 Å². The average Bonchev–Trinajstić information content (AvgIpc) is 2.87. The van der Waals surface area contributed by atoms with Gasteiger partial charge in [-0.1, -0.05) is 24.3 Å². The van der Waals surface area contributed by atoms with Gasteiger partial charge in [0.2, 0.25) is 10.0 Å². The summed E-state index contributed by atoms with van der Waals surface area (Å²) in [6.07, 6.45) is 2.56. The molecule has 5 rings (SSSR count). The zero-order valence-corrected chi connectivity index (χ0v) is 22.4. The Labute approximate surface area is 226 Å². The number of H-pyrrole nitrogens is 1. The summed E-state index contributed by atoms with van der Waals surface area (Å²) in [6, 6.07) is 21.5. The van der Waals surface area contributed by atoms with E-state index in [2.05, 4.69) is 14.6 Å². The zero-order valence-electron chi connectivity index (χ0n) is 20.8. The number of nitrogens with zero attached hydrogens (tertiary/aromatic N) is 2. The summed E-state index contributed by atoms with van der Waals surface area (Å²) < 4.78 is 32.3. The monoisotopic (exact) mass is 556 g/mol. The standard InChI is InChI=1S/C27H28N4O5S.ClH/c1-37(34,35)29-20-8-12-23(13-9-20)36-22-10-6-19(7-11-22)18-30-16-14-21(15-17-30)31-26(32)24-4-2-3-5-25(24)28-27(31)33;/h2-13,21,29H,14-18H2,1H3,(H,28,33);1H. The molecule has 0 atom stereocenters. The highest BCUT2D eigenvalue weighted by Crippen LogP contribution is 2.25. The smallest absolute Gasteiger partial charge is 0.329 e. The highest BCUT2D eigenvalue weighted by molar-refractivity contribution is 7.92. The quantitative estimate of drug-likeness (QED) is 0.354. The number of nitrogens with one attached hydrogen (secondary N) is 2. The maximum atomic E-state index is 12.9. The largest absolute Gasteiger partial charge is 0.457 e. The average molecular weight is 557 g/mol. The molecule has 200 valence electrons. The summed E-state index contributed by atoms with van der Waals surface area (Å²) in [6.45, 7) is 2.34. The lowest BCUT2D eigenvalue weighted by molar-refractivity contribution is 0.176. The molecule has 9 nitrogen and oxygen atoms in total. The van der Waals surface area contributed by atoms with E-state index in [-0.39, 0.29) is 29.7 Å². The molecule has 1 saturated heterocycles. The Morgan fingerprint density at radius 1 is 0.921 bits per heavy atom. The zero-order chi connectivity index (χ0) is 26.0. The van der Waals surface area contributed by atoms with Crippen LogP contribution in [-0.2, 0) is 16.6 Å². The second-order valence-electron chi connectivity index (χ2n) is 9.30. The van der Waals surface area contributed by atoms with E-state index in [1.165, 1.54) is 4.57 Å². The van der Waals surface area contributed by atoms with Gasteiger partial charge in [0.05, 0.1) is 17.2 Å². The highest BCUT2D eigenvalue weighted by atomic mass is 35.5. The Morgan fingerprint density at radius 2 is 1.53 bits per heavy atom. The number of para-hydroxylation sites is 1. The molecule has 1 aromatic heterocycles. The van der Waals surface area contributed by atoms with E-state index in [0.717, 1.165) is 44.3 Å². The van der Waals surface area contributed by atoms with Gasteiger partial charge in [0.1, 0.15) is 11.5 Å². The van der Waals surface area contributed by atoms with Gasteiger partial charge >= 0.3 is 5.69 Å². The predicted octanol–water partition coefficient (Wildman–Crippen LogP) is 4.11. The molecule has 0 bridgehead atoms. The second-order valence-corrected chi connectivity index (χ2v) is 11.1. The number of halogens is 1. The van der Waals surface area contributed by atoms with Crippen LogP contribution in [0.2, 0.25) is 0 Å². The third-order valence-electron chi connectivity index (χ3n) is 6.48. The van der Waals surface area contributed by atoms with E-state index in [9.17, 15) is 18.0 Å². The Morgan fingerprint density at radius 3 is 2.16 bits per heavy atom. The normalized spacial score (nSPS) is 14.7. The molecule has 0 amide bonds. The molecule has 0 saturated carbocycles. The first kappa shape index (κ1) is 27.4. The minimum Gasteiger partial charge on any atom is -0.457 e. The maximum Gasteiger partial charge on any atom is 0.329 e. The van der Waals surface area contributed by atoms with Crippen molar-refractivity contribution in [2.24, 2.45) is 0 Å². The number of fused-ring (bicyclic) bond motifs is 1. The fraction of sp³-hybridized carbons (Fsp3) is 0.259. The van der Waals surface area contributed by atoms with Gasteiger partial charge in [0.25, 0.3) is 5.56 Å².